The van der Waals surface area contributed by atoms with Crippen molar-refractivity contribution in [3.8, 4) is 5.75 Å². The summed E-state index contributed by atoms with van der Waals surface area (Å²) in [6, 6.07) is 7.57. The topological polar surface area (TPSA) is 38.3 Å². The zero-order chi connectivity index (χ0) is 13.0. The summed E-state index contributed by atoms with van der Waals surface area (Å²) in [5.41, 5.74) is 0.850. The molecule has 1 aliphatic rings. The van der Waals surface area contributed by atoms with Gasteiger partial charge in [-0.2, -0.15) is 0 Å². The molecule has 3 heteroatoms. The highest BCUT2D eigenvalue weighted by Crippen LogP contribution is 2.26. The Morgan fingerprint density at radius 1 is 1.22 bits per heavy atom. The highest BCUT2D eigenvalue weighted by Gasteiger charge is 2.22. The summed E-state index contributed by atoms with van der Waals surface area (Å²) in [7, 11) is 0. The quantitative estimate of drug-likeness (QED) is 0.882. The summed E-state index contributed by atoms with van der Waals surface area (Å²) >= 11 is 0. The van der Waals surface area contributed by atoms with E-state index in [1.54, 1.807) is 0 Å². The van der Waals surface area contributed by atoms with E-state index in [2.05, 4.69) is 5.32 Å². The van der Waals surface area contributed by atoms with E-state index in [4.69, 9.17) is 4.74 Å². The predicted molar refractivity (Wildman–Crippen MR) is 72.8 cm³/mol. The van der Waals surface area contributed by atoms with Crippen molar-refractivity contribution in [2.75, 3.05) is 5.32 Å². The second-order valence-corrected chi connectivity index (χ2v) is 5.16. The van der Waals surface area contributed by atoms with Gasteiger partial charge in [0.1, 0.15) is 5.75 Å². The van der Waals surface area contributed by atoms with Crippen molar-refractivity contribution >= 4 is 11.6 Å². The molecule has 1 fully saturated rings. The molecule has 0 aliphatic heterocycles. The number of hydrogen-bond acceptors (Lipinski definition) is 2. The molecule has 0 atom stereocenters. The van der Waals surface area contributed by atoms with Gasteiger partial charge in [0.05, 0.1) is 6.10 Å². The van der Waals surface area contributed by atoms with E-state index >= 15 is 0 Å². The minimum absolute atomic E-state index is 0.157. The number of benzene rings is 1. The SMILES string of the molecule is CC(C)Oc1ccc(NC(=O)C2CCCC2)cc1. The van der Waals surface area contributed by atoms with Gasteiger partial charge in [-0.15, -0.1) is 0 Å². The fraction of sp³-hybridized carbons (Fsp3) is 0.533. The van der Waals surface area contributed by atoms with Crippen LogP contribution in [-0.2, 0) is 4.79 Å². The summed E-state index contributed by atoms with van der Waals surface area (Å²) < 4.78 is 5.56. The Morgan fingerprint density at radius 2 is 1.83 bits per heavy atom. The fourth-order valence-corrected chi connectivity index (χ4v) is 2.32. The first kappa shape index (κ1) is 12.9. The van der Waals surface area contributed by atoms with E-state index in [1.807, 2.05) is 38.1 Å². The van der Waals surface area contributed by atoms with Gasteiger partial charge < -0.3 is 10.1 Å². The van der Waals surface area contributed by atoms with Crippen LogP contribution in [0.15, 0.2) is 24.3 Å². The first-order valence-corrected chi connectivity index (χ1v) is 6.73. The number of carbonyl (C=O) groups is 1. The number of rotatable bonds is 4. The van der Waals surface area contributed by atoms with Crippen LogP contribution in [0.3, 0.4) is 0 Å². The Kier molecular flexibility index (Phi) is 4.24. The lowest BCUT2D eigenvalue weighted by Crippen LogP contribution is -2.20. The molecule has 1 saturated carbocycles. The Morgan fingerprint density at radius 3 is 2.39 bits per heavy atom. The second kappa shape index (κ2) is 5.89. The number of anilines is 1. The van der Waals surface area contributed by atoms with Gasteiger partial charge in [0.25, 0.3) is 0 Å². The molecule has 0 spiro atoms. The number of nitrogens with one attached hydrogen (secondary N) is 1. The van der Waals surface area contributed by atoms with Crippen LogP contribution in [0.2, 0.25) is 0 Å². The summed E-state index contributed by atoms with van der Waals surface area (Å²) in [4.78, 5) is 11.9. The average Bonchev–Trinajstić information content (AvgIpc) is 2.84. The van der Waals surface area contributed by atoms with Crippen LogP contribution in [0.25, 0.3) is 0 Å². The lowest BCUT2D eigenvalue weighted by atomic mass is 10.1. The molecule has 0 radical (unpaired) electrons. The fourth-order valence-electron chi connectivity index (χ4n) is 2.32. The first-order valence-electron chi connectivity index (χ1n) is 6.73. The number of ether oxygens (including phenoxy) is 1. The largest absolute Gasteiger partial charge is 0.491 e. The summed E-state index contributed by atoms with van der Waals surface area (Å²) in [5.74, 6) is 1.20. The second-order valence-electron chi connectivity index (χ2n) is 5.16. The zero-order valence-corrected chi connectivity index (χ0v) is 11.1. The molecule has 0 bridgehead atoms. The van der Waals surface area contributed by atoms with Crippen LogP contribution in [0, 0.1) is 5.92 Å². The molecule has 0 saturated heterocycles. The Labute approximate surface area is 109 Å². The Balaban J connectivity index is 1.91. The predicted octanol–water partition coefficient (Wildman–Crippen LogP) is 3.60. The third-order valence-electron chi connectivity index (χ3n) is 3.22. The van der Waals surface area contributed by atoms with Crippen LogP contribution in [-0.4, -0.2) is 12.0 Å². The summed E-state index contributed by atoms with van der Waals surface area (Å²) in [5, 5.41) is 2.97. The molecule has 2 rings (SSSR count). The van der Waals surface area contributed by atoms with Crippen molar-refractivity contribution in [1.29, 1.82) is 0 Å². The molecule has 0 unspecified atom stereocenters. The highest BCUT2D eigenvalue weighted by atomic mass is 16.5. The van der Waals surface area contributed by atoms with Gasteiger partial charge in [-0.05, 0) is 51.0 Å². The molecule has 1 aromatic carbocycles. The lowest BCUT2D eigenvalue weighted by Gasteiger charge is -2.12. The van der Waals surface area contributed by atoms with Gasteiger partial charge in [-0.25, -0.2) is 0 Å². The van der Waals surface area contributed by atoms with E-state index in [0.29, 0.717) is 0 Å². The monoisotopic (exact) mass is 247 g/mol. The van der Waals surface area contributed by atoms with E-state index < -0.39 is 0 Å². The van der Waals surface area contributed by atoms with Crippen LogP contribution in [0.4, 0.5) is 5.69 Å². The molecule has 0 aromatic heterocycles. The van der Waals surface area contributed by atoms with Gasteiger partial charge in [0.2, 0.25) is 5.91 Å². The summed E-state index contributed by atoms with van der Waals surface area (Å²) in [6.07, 6.45) is 4.59. The van der Waals surface area contributed by atoms with Gasteiger partial charge in [0, 0.05) is 11.6 Å². The maximum Gasteiger partial charge on any atom is 0.227 e. The lowest BCUT2D eigenvalue weighted by molar-refractivity contribution is -0.119. The molecule has 1 N–H and O–H groups in total. The number of carbonyl (C=O) groups excluding carboxylic acids is 1. The van der Waals surface area contributed by atoms with Crippen LogP contribution < -0.4 is 10.1 Å². The van der Waals surface area contributed by atoms with Crippen molar-refractivity contribution < 1.29 is 9.53 Å². The Bertz CT molecular complexity index is 391. The molecule has 1 amide bonds. The minimum Gasteiger partial charge on any atom is -0.491 e. The van der Waals surface area contributed by atoms with Crippen LogP contribution in [0.1, 0.15) is 39.5 Å². The highest BCUT2D eigenvalue weighted by molar-refractivity contribution is 5.92. The first-order chi connectivity index (χ1) is 8.65. The van der Waals surface area contributed by atoms with Gasteiger partial charge in [0.15, 0.2) is 0 Å². The van der Waals surface area contributed by atoms with Crippen LogP contribution >= 0.6 is 0 Å². The third-order valence-corrected chi connectivity index (χ3v) is 3.22. The summed E-state index contributed by atoms with van der Waals surface area (Å²) in [6.45, 7) is 3.99. The van der Waals surface area contributed by atoms with Crippen molar-refractivity contribution in [2.24, 2.45) is 5.92 Å². The molecular weight excluding hydrogens is 226 g/mol. The zero-order valence-electron chi connectivity index (χ0n) is 11.1. The molecule has 3 nitrogen and oxygen atoms in total. The smallest absolute Gasteiger partial charge is 0.227 e. The molecule has 1 aliphatic carbocycles. The van der Waals surface area contributed by atoms with E-state index in [-0.39, 0.29) is 17.9 Å². The number of amides is 1. The molecular formula is C15H21NO2. The van der Waals surface area contributed by atoms with Crippen LogP contribution in [0.5, 0.6) is 5.75 Å². The maximum absolute atomic E-state index is 11.9. The van der Waals surface area contributed by atoms with Crippen molar-refractivity contribution in [2.45, 2.75) is 45.6 Å². The van der Waals surface area contributed by atoms with E-state index in [1.165, 1.54) is 12.8 Å². The van der Waals surface area contributed by atoms with Gasteiger partial charge >= 0.3 is 0 Å². The van der Waals surface area contributed by atoms with Gasteiger partial charge in [-0.3, -0.25) is 4.79 Å². The standard InChI is InChI=1S/C15H21NO2/c1-11(2)18-14-9-7-13(8-10-14)16-15(17)12-5-3-4-6-12/h7-12H,3-6H2,1-2H3,(H,16,17). The third kappa shape index (κ3) is 3.49. The van der Waals surface area contributed by atoms with Crippen molar-refractivity contribution in [3.05, 3.63) is 24.3 Å². The van der Waals surface area contributed by atoms with Crippen molar-refractivity contribution in [3.63, 3.8) is 0 Å². The molecule has 18 heavy (non-hydrogen) atoms. The van der Waals surface area contributed by atoms with E-state index in [9.17, 15) is 4.79 Å². The molecule has 1 aromatic rings. The molecule has 98 valence electrons. The van der Waals surface area contributed by atoms with E-state index in [0.717, 1.165) is 24.3 Å². The van der Waals surface area contributed by atoms with Crippen molar-refractivity contribution in [1.82, 2.24) is 0 Å². The van der Waals surface area contributed by atoms with Gasteiger partial charge in [-0.1, -0.05) is 12.8 Å². The Hall–Kier alpha value is -1.51. The average molecular weight is 247 g/mol. The number of hydrogen-bond donors (Lipinski definition) is 1. The molecule has 0 heterocycles. The maximum atomic E-state index is 11.9. The minimum atomic E-state index is 0.157. The normalized spacial score (nSPS) is 15.9.